The lowest BCUT2D eigenvalue weighted by atomic mass is 9.92. The van der Waals surface area contributed by atoms with Crippen LogP contribution < -0.4 is 5.73 Å². The van der Waals surface area contributed by atoms with Gasteiger partial charge in [-0.05, 0) is 60.7 Å². The Morgan fingerprint density at radius 2 is 1.75 bits per heavy atom. The number of nitrogen functional groups attached to an aromatic ring is 1. The molecule has 0 bridgehead atoms. The lowest BCUT2D eigenvalue weighted by molar-refractivity contribution is 0.103. The number of benzene rings is 2. The summed E-state index contributed by atoms with van der Waals surface area (Å²) >= 11 is 0. The van der Waals surface area contributed by atoms with Gasteiger partial charge in [0.2, 0.25) is 0 Å². The van der Waals surface area contributed by atoms with Gasteiger partial charge in [-0.2, -0.15) is 0 Å². The quantitative estimate of drug-likeness (QED) is 0.673. The van der Waals surface area contributed by atoms with Gasteiger partial charge < -0.3 is 5.73 Å². The monoisotopic (exact) mass is 267 g/mol. The molecule has 0 saturated heterocycles. The molecule has 0 fully saturated rings. The fraction of sp³-hybridized carbons (Fsp3) is 0.278. The third kappa shape index (κ3) is 2.74. The summed E-state index contributed by atoms with van der Waals surface area (Å²) < 4.78 is 0. The maximum Gasteiger partial charge on any atom is 0.193 e. The molecule has 2 nitrogen and oxygen atoms in total. The highest BCUT2D eigenvalue weighted by atomic mass is 16.1. The molecule has 0 aliphatic carbocycles. The molecular formula is C18H21NO. The van der Waals surface area contributed by atoms with Crippen molar-refractivity contribution < 1.29 is 4.79 Å². The van der Waals surface area contributed by atoms with Crippen molar-refractivity contribution in [3.8, 4) is 0 Å². The van der Waals surface area contributed by atoms with Crippen molar-refractivity contribution in [3.05, 3.63) is 64.2 Å². The van der Waals surface area contributed by atoms with Crippen molar-refractivity contribution in [1.29, 1.82) is 0 Å². The first-order valence-corrected chi connectivity index (χ1v) is 7.09. The molecule has 0 spiro atoms. The predicted molar refractivity (Wildman–Crippen MR) is 84.2 cm³/mol. The van der Waals surface area contributed by atoms with Gasteiger partial charge in [0.1, 0.15) is 0 Å². The third-order valence-corrected chi connectivity index (χ3v) is 3.70. The van der Waals surface area contributed by atoms with Crippen LogP contribution >= 0.6 is 0 Å². The maximum atomic E-state index is 12.8. The molecule has 0 heterocycles. The zero-order chi connectivity index (χ0) is 14.7. The van der Waals surface area contributed by atoms with E-state index >= 15 is 0 Å². The van der Waals surface area contributed by atoms with E-state index in [9.17, 15) is 4.79 Å². The Labute approximate surface area is 120 Å². The first-order chi connectivity index (χ1) is 9.56. The molecule has 0 radical (unpaired) electrons. The number of anilines is 1. The van der Waals surface area contributed by atoms with Crippen molar-refractivity contribution in [2.24, 2.45) is 0 Å². The summed E-state index contributed by atoms with van der Waals surface area (Å²) in [5, 5.41) is 0. The van der Waals surface area contributed by atoms with Crippen molar-refractivity contribution in [3.63, 3.8) is 0 Å². The van der Waals surface area contributed by atoms with Crippen molar-refractivity contribution >= 4 is 11.5 Å². The van der Waals surface area contributed by atoms with Crippen LogP contribution in [-0.2, 0) is 12.8 Å². The largest absolute Gasteiger partial charge is 0.399 e. The number of hydrogen-bond donors (Lipinski definition) is 1. The van der Waals surface area contributed by atoms with E-state index in [1.165, 1.54) is 5.56 Å². The van der Waals surface area contributed by atoms with E-state index in [4.69, 9.17) is 5.73 Å². The van der Waals surface area contributed by atoms with Crippen LogP contribution in [-0.4, -0.2) is 5.78 Å². The summed E-state index contributed by atoms with van der Waals surface area (Å²) in [5.74, 6) is 0.0923. The average molecular weight is 267 g/mol. The second-order valence-corrected chi connectivity index (χ2v) is 5.10. The molecule has 2 aromatic rings. The summed E-state index contributed by atoms with van der Waals surface area (Å²) in [6.45, 7) is 6.11. The average Bonchev–Trinajstić information content (AvgIpc) is 2.46. The van der Waals surface area contributed by atoms with Crippen molar-refractivity contribution in [2.75, 3.05) is 5.73 Å². The number of nitrogens with two attached hydrogens (primary N) is 1. The first-order valence-electron chi connectivity index (χ1n) is 7.09. The van der Waals surface area contributed by atoms with Gasteiger partial charge >= 0.3 is 0 Å². The standard InChI is InChI=1S/C18H21NO/c1-4-13-6-7-14(5-2)17(11-13)18(20)16-9-8-15(19)10-12(16)3/h6-11H,4-5,19H2,1-3H3. The lowest BCUT2D eigenvalue weighted by Gasteiger charge is -2.11. The molecule has 2 rings (SSSR count). The predicted octanol–water partition coefficient (Wildman–Crippen LogP) is 3.93. The highest BCUT2D eigenvalue weighted by Crippen LogP contribution is 2.21. The highest BCUT2D eigenvalue weighted by Gasteiger charge is 2.15. The SMILES string of the molecule is CCc1ccc(CC)c(C(=O)c2ccc(N)cc2C)c1. The normalized spacial score (nSPS) is 10.6. The Hall–Kier alpha value is -2.09. The van der Waals surface area contributed by atoms with Crippen LogP contribution in [0.25, 0.3) is 0 Å². The van der Waals surface area contributed by atoms with Gasteiger partial charge in [-0.15, -0.1) is 0 Å². The number of hydrogen-bond acceptors (Lipinski definition) is 2. The summed E-state index contributed by atoms with van der Waals surface area (Å²) in [6, 6.07) is 11.7. The van der Waals surface area contributed by atoms with Gasteiger partial charge in [-0.25, -0.2) is 0 Å². The van der Waals surface area contributed by atoms with Crippen LogP contribution in [0.2, 0.25) is 0 Å². The Morgan fingerprint density at radius 3 is 2.35 bits per heavy atom. The Kier molecular flexibility index (Phi) is 4.23. The molecule has 0 aromatic heterocycles. The fourth-order valence-corrected chi connectivity index (χ4v) is 2.45. The first kappa shape index (κ1) is 14.3. The molecule has 0 saturated carbocycles. The topological polar surface area (TPSA) is 43.1 Å². The van der Waals surface area contributed by atoms with E-state index in [1.54, 1.807) is 6.07 Å². The molecule has 2 aromatic carbocycles. The van der Waals surface area contributed by atoms with Gasteiger partial charge in [0.05, 0.1) is 0 Å². The molecule has 2 N–H and O–H groups in total. The zero-order valence-electron chi connectivity index (χ0n) is 12.4. The molecule has 20 heavy (non-hydrogen) atoms. The number of ketones is 1. The van der Waals surface area contributed by atoms with E-state index in [-0.39, 0.29) is 5.78 Å². The van der Waals surface area contributed by atoms with E-state index in [0.29, 0.717) is 5.69 Å². The fourth-order valence-electron chi connectivity index (χ4n) is 2.45. The smallest absolute Gasteiger partial charge is 0.193 e. The zero-order valence-corrected chi connectivity index (χ0v) is 12.4. The number of rotatable bonds is 4. The van der Waals surface area contributed by atoms with E-state index in [1.807, 2.05) is 25.1 Å². The van der Waals surface area contributed by atoms with Crippen LogP contribution in [0.15, 0.2) is 36.4 Å². The molecule has 104 valence electrons. The number of carbonyl (C=O) groups excluding carboxylic acids is 1. The van der Waals surface area contributed by atoms with Crippen molar-refractivity contribution in [2.45, 2.75) is 33.6 Å². The molecule has 0 aliphatic rings. The molecule has 2 heteroatoms. The minimum absolute atomic E-state index is 0.0923. The molecule has 0 amide bonds. The van der Waals surface area contributed by atoms with Crippen molar-refractivity contribution in [1.82, 2.24) is 0 Å². The van der Waals surface area contributed by atoms with E-state index in [2.05, 4.69) is 26.0 Å². The summed E-state index contributed by atoms with van der Waals surface area (Å²) in [4.78, 5) is 12.8. The van der Waals surface area contributed by atoms with Crippen LogP contribution in [0.3, 0.4) is 0 Å². The number of aryl methyl sites for hydroxylation is 3. The van der Waals surface area contributed by atoms with Crippen LogP contribution in [0.1, 0.15) is 46.5 Å². The Balaban J connectivity index is 2.51. The van der Waals surface area contributed by atoms with Gasteiger partial charge in [0, 0.05) is 16.8 Å². The molecule has 0 aliphatic heterocycles. The summed E-state index contributed by atoms with van der Waals surface area (Å²) in [7, 11) is 0. The minimum atomic E-state index is 0.0923. The highest BCUT2D eigenvalue weighted by molar-refractivity contribution is 6.11. The molecule has 0 unspecified atom stereocenters. The van der Waals surface area contributed by atoms with E-state index < -0.39 is 0 Å². The second-order valence-electron chi connectivity index (χ2n) is 5.10. The van der Waals surface area contributed by atoms with Crippen LogP contribution in [0, 0.1) is 6.92 Å². The van der Waals surface area contributed by atoms with E-state index in [0.717, 1.165) is 35.1 Å². The number of carbonyl (C=O) groups is 1. The second kappa shape index (κ2) is 5.91. The van der Waals surface area contributed by atoms with Gasteiger partial charge in [0.25, 0.3) is 0 Å². The Morgan fingerprint density at radius 1 is 1.00 bits per heavy atom. The van der Waals surface area contributed by atoms with Gasteiger partial charge in [0.15, 0.2) is 5.78 Å². The lowest BCUT2D eigenvalue weighted by Crippen LogP contribution is -2.08. The maximum absolute atomic E-state index is 12.8. The summed E-state index contributed by atoms with van der Waals surface area (Å²) in [6.07, 6.45) is 1.80. The third-order valence-electron chi connectivity index (χ3n) is 3.70. The summed E-state index contributed by atoms with van der Waals surface area (Å²) in [5.41, 5.74) is 11.2. The molecule has 0 atom stereocenters. The van der Waals surface area contributed by atoms with Crippen LogP contribution in [0.5, 0.6) is 0 Å². The van der Waals surface area contributed by atoms with Crippen LogP contribution in [0.4, 0.5) is 5.69 Å². The van der Waals surface area contributed by atoms with Gasteiger partial charge in [-0.1, -0.05) is 26.0 Å². The molecular weight excluding hydrogens is 246 g/mol. The van der Waals surface area contributed by atoms with Gasteiger partial charge in [-0.3, -0.25) is 4.79 Å². The Bertz CT molecular complexity index is 644. The minimum Gasteiger partial charge on any atom is -0.399 e.